The molecule has 0 aliphatic heterocycles. The van der Waals surface area contributed by atoms with Crippen LogP contribution in [-0.4, -0.2) is 43.4 Å². The molecule has 1 aliphatic rings. The Morgan fingerprint density at radius 3 is 1.75 bits per heavy atom. The summed E-state index contributed by atoms with van der Waals surface area (Å²) in [4.78, 5) is 0. The smallest absolute Gasteiger partial charge is 0.168 e. The predicted octanol–water partition coefficient (Wildman–Crippen LogP) is -0.260. The van der Waals surface area contributed by atoms with Crippen molar-refractivity contribution in [3.63, 3.8) is 0 Å². The number of aliphatic hydroxyl groups is 2. The van der Waals surface area contributed by atoms with Crippen LogP contribution in [0.4, 0.5) is 0 Å². The van der Waals surface area contributed by atoms with Crippen LogP contribution in [0.25, 0.3) is 0 Å². The molecule has 0 bridgehead atoms. The molecule has 2 N–H and O–H groups in total. The maximum atomic E-state index is 8.99. The first kappa shape index (κ1) is 9.92. The van der Waals surface area contributed by atoms with Gasteiger partial charge in [-0.3, -0.25) is 0 Å². The average molecular weight is 176 g/mol. The van der Waals surface area contributed by atoms with E-state index in [-0.39, 0.29) is 13.2 Å². The number of rotatable bonds is 4. The van der Waals surface area contributed by atoms with Crippen LogP contribution < -0.4 is 0 Å². The lowest BCUT2D eigenvalue weighted by Gasteiger charge is -2.52. The Morgan fingerprint density at radius 1 is 1.08 bits per heavy atom. The lowest BCUT2D eigenvalue weighted by Crippen LogP contribution is -2.57. The van der Waals surface area contributed by atoms with Gasteiger partial charge in [-0.05, 0) is 0 Å². The second-order valence-electron chi connectivity index (χ2n) is 3.49. The molecule has 72 valence electrons. The van der Waals surface area contributed by atoms with E-state index in [1.807, 2.05) is 0 Å². The normalized spacial score (nSPS) is 25.0. The molecular weight excluding hydrogens is 160 g/mol. The first-order valence-corrected chi connectivity index (χ1v) is 3.98. The maximum Gasteiger partial charge on any atom is 0.168 e. The van der Waals surface area contributed by atoms with Gasteiger partial charge >= 0.3 is 0 Å². The topological polar surface area (TPSA) is 58.9 Å². The Kier molecular flexibility index (Phi) is 2.73. The van der Waals surface area contributed by atoms with Crippen molar-refractivity contribution in [2.75, 3.05) is 27.4 Å². The number of methoxy groups -OCH3 is 2. The van der Waals surface area contributed by atoms with Gasteiger partial charge in [-0.15, -0.1) is 0 Å². The molecule has 0 saturated heterocycles. The lowest BCUT2D eigenvalue weighted by atomic mass is 9.65. The highest BCUT2D eigenvalue weighted by Crippen LogP contribution is 2.50. The molecule has 0 aromatic rings. The van der Waals surface area contributed by atoms with E-state index in [1.165, 1.54) is 0 Å². The van der Waals surface area contributed by atoms with Gasteiger partial charge in [-0.25, -0.2) is 0 Å². The summed E-state index contributed by atoms with van der Waals surface area (Å²) in [5.74, 6) is -0.578. The van der Waals surface area contributed by atoms with Gasteiger partial charge in [-0.2, -0.15) is 0 Å². The molecule has 0 unspecified atom stereocenters. The first-order valence-electron chi connectivity index (χ1n) is 3.98. The standard InChI is InChI=1S/C8H16O4/c1-11-8(12-2)3-7(4-8,5-9)6-10/h9-10H,3-6H2,1-2H3. The Morgan fingerprint density at radius 2 is 1.50 bits per heavy atom. The van der Waals surface area contributed by atoms with Gasteiger partial charge in [0, 0.05) is 32.5 Å². The summed E-state index contributed by atoms with van der Waals surface area (Å²) in [7, 11) is 3.14. The molecule has 1 rings (SSSR count). The van der Waals surface area contributed by atoms with Crippen LogP contribution in [-0.2, 0) is 9.47 Å². The van der Waals surface area contributed by atoms with Crippen molar-refractivity contribution in [2.45, 2.75) is 18.6 Å². The average Bonchev–Trinajstić information content (AvgIpc) is 2.07. The number of aliphatic hydroxyl groups excluding tert-OH is 2. The summed E-state index contributed by atoms with van der Waals surface area (Å²) in [5.41, 5.74) is -0.397. The fourth-order valence-electron chi connectivity index (χ4n) is 1.74. The fourth-order valence-corrected chi connectivity index (χ4v) is 1.74. The Balaban J connectivity index is 2.52. The van der Waals surface area contributed by atoms with Gasteiger partial charge < -0.3 is 19.7 Å². The van der Waals surface area contributed by atoms with Crippen LogP contribution in [0, 0.1) is 5.41 Å². The summed E-state index contributed by atoms with van der Waals surface area (Å²) in [6.45, 7) is -0.0318. The minimum atomic E-state index is -0.578. The zero-order chi connectivity index (χ0) is 9.24. The Labute approximate surface area is 72.1 Å². The molecule has 1 fully saturated rings. The fraction of sp³-hybridized carbons (Fsp3) is 1.00. The van der Waals surface area contributed by atoms with E-state index in [4.69, 9.17) is 19.7 Å². The second-order valence-corrected chi connectivity index (χ2v) is 3.49. The van der Waals surface area contributed by atoms with E-state index < -0.39 is 11.2 Å². The zero-order valence-electron chi connectivity index (χ0n) is 7.54. The molecule has 0 heterocycles. The van der Waals surface area contributed by atoms with Crippen molar-refractivity contribution in [2.24, 2.45) is 5.41 Å². The zero-order valence-corrected chi connectivity index (χ0v) is 7.54. The van der Waals surface area contributed by atoms with Gasteiger partial charge in [0.15, 0.2) is 5.79 Å². The monoisotopic (exact) mass is 176 g/mol. The minimum Gasteiger partial charge on any atom is -0.396 e. The van der Waals surface area contributed by atoms with Gasteiger partial charge in [0.1, 0.15) is 0 Å². The quantitative estimate of drug-likeness (QED) is 0.579. The molecule has 0 radical (unpaired) electrons. The van der Waals surface area contributed by atoms with Crippen molar-refractivity contribution < 1.29 is 19.7 Å². The van der Waals surface area contributed by atoms with Crippen molar-refractivity contribution >= 4 is 0 Å². The van der Waals surface area contributed by atoms with Gasteiger partial charge in [0.25, 0.3) is 0 Å². The van der Waals surface area contributed by atoms with E-state index in [9.17, 15) is 0 Å². The van der Waals surface area contributed by atoms with Crippen molar-refractivity contribution in [1.82, 2.24) is 0 Å². The minimum absolute atomic E-state index is 0.0159. The molecule has 0 amide bonds. The van der Waals surface area contributed by atoms with E-state index in [2.05, 4.69) is 0 Å². The summed E-state index contributed by atoms with van der Waals surface area (Å²) in [6, 6.07) is 0. The Hall–Kier alpha value is -0.160. The summed E-state index contributed by atoms with van der Waals surface area (Å²) >= 11 is 0. The molecule has 4 nitrogen and oxygen atoms in total. The summed E-state index contributed by atoms with van der Waals surface area (Å²) in [6.07, 6.45) is 1.11. The van der Waals surface area contributed by atoms with Crippen molar-refractivity contribution in [3.8, 4) is 0 Å². The highest BCUT2D eigenvalue weighted by atomic mass is 16.7. The Bertz CT molecular complexity index is 123. The third-order valence-corrected chi connectivity index (χ3v) is 2.70. The summed E-state index contributed by atoms with van der Waals surface area (Å²) < 4.78 is 10.3. The number of hydrogen-bond donors (Lipinski definition) is 2. The van der Waals surface area contributed by atoms with Gasteiger partial charge in [0.2, 0.25) is 0 Å². The molecule has 0 spiro atoms. The highest BCUT2D eigenvalue weighted by molar-refractivity contribution is 4.99. The van der Waals surface area contributed by atoms with E-state index >= 15 is 0 Å². The van der Waals surface area contributed by atoms with Gasteiger partial charge in [-0.1, -0.05) is 0 Å². The SMILES string of the molecule is COC1(OC)CC(CO)(CO)C1. The second kappa shape index (κ2) is 3.30. The van der Waals surface area contributed by atoms with Crippen LogP contribution in [0.1, 0.15) is 12.8 Å². The van der Waals surface area contributed by atoms with Crippen LogP contribution in [0.5, 0.6) is 0 Å². The molecule has 0 atom stereocenters. The predicted molar refractivity (Wildman–Crippen MR) is 42.6 cm³/mol. The summed E-state index contributed by atoms with van der Waals surface area (Å²) in [5, 5.41) is 18.0. The maximum absolute atomic E-state index is 8.99. The number of hydrogen-bond acceptors (Lipinski definition) is 4. The molecule has 0 aromatic carbocycles. The van der Waals surface area contributed by atoms with E-state index in [1.54, 1.807) is 14.2 Å². The van der Waals surface area contributed by atoms with Crippen molar-refractivity contribution in [3.05, 3.63) is 0 Å². The molecule has 12 heavy (non-hydrogen) atoms. The largest absolute Gasteiger partial charge is 0.396 e. The third-order valence-electron chi connectivity index (χ3n) is 2.70. The lowest BCUT2D eigenvalue weighted by molar-refractivity contribution is -0.307. The van der Waals surface area contributed by atoms with Gasteiger partial charge in [0.05, 0.1) is 13.2 Å². The van der Waals surface area contributed by atoms with E-state index in [0.717, 1.165) is 0 Å². The molecule has 1 aliphatic carbocycles. The van der Waals surface area contributed by atoms with Crippen LogP contribution in [0.2, 0.25) is 0 Å². The van der Waals surface area contributed by atoms with Crippen LogP contribution in [0.3, 0.4) is 0 Å². The highest BCUT2D eigenvalue weighted by Gasteiger charge is 2.55. The van der Waals surface area contributed by atoms with E-state index in [0.29, 0.717) is 12.8 Å². The first-order chi connectivity index (χ1) is 5.66. The number of ether oxygens (including phenoxy) is 2. The molecule has 1 saturated carbocycles. The molecule has 0 aromatic heterocycles. The molecular formula is C8H16O4. The van der Waals surface area contributed by atoms with Crippen molar-refractivity contribution in [1.29, 1.82) is 0 Å². The molecule has 4 heteroatoms. The third kappa shape index (κ3) is 1.35. The van der Waals surface area contributed by atoms with Crippen LogP contribution in [0.15, 0.2) is 0 Å². The van der Waals surface area contributed by atoms with Crippen LogP contribution >= 0.6 is 0 Å².